The zero-order valence-corrected chi connectivity index (χ0v) is 15.5. The van der Waals surface area contributed by atoms with Crippen LogP contribution in [0.5, 0.6) is 5.75 Å². The van der Waals surface area contributed by atoms with E-state index in [-0.39, 0.29) is 21.7 Å². The number of rotatable bonds is 6. The average molecular weight is 400 g/mol. The Morgan fingerprint density at radius 1 is 1.11 bits per heavy atom. The van der Waals surface area contributed by atoms with E-state index >= 15 is 0 Å². The van der Waals surface area contributed by atoms with Crippen molar-refractivity contribution < 1.29 is 17.7 Å². The second kappa shape index (κ2) is 8.06. The molecule has 2 aromatic carbocycles. The first-order valence-corrected chi connectivity index (χ1v) is 9.52. The molecule has 0 bridgehead atoms. The van der Waals surface area contributed by atoms with Crippen LogP contribution in [0.25, 0.3) is 10.8 Å². The van der Waals surface area contributed by atoms with Gasteiger partial charge in [-0.15, -0.1) is 15.3 Å². The quantitative estimate of drug-likeness (QED) is 0.273. The molecule has 0 fully saturated rings. The average Bonchev–Trinajstić information content (AvgIpc) is 2.67. The Balaban J connectivity index is 2.24. The molecule has 1 aromatic heterocycles. The van der Waals surface area contributed by atoms with Crippen LogP contribution >= 0.6 is 0 Å². The maximum absolute atomic E-state index is 11.9. The first-order chi connectivity index (χ1) is 13.5. The number of nitrogens with two attached hydrogens (primary N) is 1. The normalized spacial score (nSPS) is 12.2. The molecule has 0 spiro atoms. The zero-order chi connectivity index (χ0) is 20.1. The number of pyridine rings is 1. The van der Waals surface area contributed by atoms with Gasteiger partial charge in [-0.25, -0.2) is 0 Å². The molecule has 0 radical (unpaired) electrons. The molecule has 144 valence electrons. The fourth-order valence-electron chi connectivity index (χ4n) is 2.60. The van der Waals surface area contributed by atoms with Gasteiger partial charge in [-0.3, -0.25) is 9.54 Å². The van der Waals surface area contributed by atoms with Crippen LogP contribution in [0, 0.1) is 0 Å². The van der Waals surface area contributed by atoms with Crippen molar-refractivity contribution in [2.75, 3.05) is 6.61 Å². The molecular formula is C17H16N6O4S. The van der Waals surface area contributed by atoms with E-state index in [9.17, 15) is 13.0 Å². The van der Waals surface area contributed by atoms with Crippen molar-refractivity contribution in [1.82, 2.24) is 4.98 Å². The molecule has 0 aliphatic rings. The lowest BCUT2D eigenvalue weighted by atomic mass is 10.1. The molecule has 3 rings (SSSR count). The monoisotopic (exact) mass is 400 g/mol. The summed E-state index contributed by atoms with van der Waals surface area (Å²) in [6.07, 6.45) is 2.99. The van der Waals surface area contributed by atoms with Gasteiger partial charge < -0.3 is 10.6 Å². The topological polar surface area (TPSA) is 152 Å². The minimum absolute atomic E-state index is 0.0480. The number of ether oxygens (including phenoxy) is 1. The molecular weight excluding hydrogens is 384 g/mol. The Labute approximate surface area is 160 Å². The van der Waals surface area contributed by atoms with Gasteiger partial charge in [0.15, 0.2) is 0 Å². The van der Waals surface area contributed by atoms with Crippen LogP contribution in [-0.4, -0.2) is 24.6 Å². The first-order valence-electron chi connectivity index (χ1n) is 8.08. The fraction of sp³-hybridized carbons (Fsp3) is 0.118. The van der Waals surface area contributed by atoms with E-state index in [2.05, 4.69) is 25.5 Å². The van der Waals surface area contributed by atoms with Gasteiger partial charge >= 0.3 is 0 Å². The van der Waals surface area contributed by atoms with Crippen LogP contribution in [0.3, 0.4) is 0 Å². The zero-order valence-electron chi connectivity index (χ0n) is 14.7. The number of nitrogens with zero attached hydrogens (tertiary/aromatic N) is 5. The van der Waals surface area contributed by atoms with E-state index in [1.165, 1.54) is 12.3 Å². The standard InChI is InChI=1S/C17H16N6O4S/c1-2-27-15-7-8-19-10-14(15)21-20-13-9-16(28(24,25)26)11-5-3-4-6-12(11)17(13)22-23-18/h3-10H,2H2,1H3,(H2,18,22)(H,24,25,26)/b21-20+. The largest absolute Gasteiger partial charge is 0.491 e. The van der Waals surface area contributed by atoms with E-state index in [1.54, 1.807) is 30.5 Å². The van der Waals surface area contributed by atoms with E-state index in [0.29, 0.717) is 23.4 Å². The maximum atomic E-state index is 11.9. The molecule has 0 saturated carbocycles. The summed E-state index contributed by atoms with van der Waals surface area (Å²) in [7, 11) is -4.53. The summed E-state index contributed by atoms with van der Waals surface area (Å²) in [4.78, 5) is 3.64. The van der Waals surface area contributed by atoms with Crippen molar-refractivity contribution in [3.8, 4) is 5.75 Å². The summed E-state index contributed by atoms with van der Waals surface area (Å²) >= 11 is 0. The second-order valence-electron chi connectivity index (χ2n) is 5.45. The highest BCUT2D eigenvalue weighted by Gasteiger charge is 2.20. The first kappa shape index (κ1) is 19.3. The van der Waals surface area contributed by atoms with Crippen molar-refractivity contribution in [3.05, 3.63) is 48.8 Å². The van der Waals surface area contributed by atoms with Gasteiger partial charge in [0.1, 0.15) is 27.7 Å². The summed E-state index contributed by atoms with van der Waals surface area (Å²) in [6.45, 7) is 2.24. The Morgan fingerprint density at radius 2 is 1.82 bits per heavy atom. The highest BCUT2D eigenvalue weighted by molar-refractivity contribution is 7.86. The third-order valence-corrected chi connectivity index (χ3v) is 4.61. The molecule has 0 aliphatic carbocycles. The Bertz CT molecular complexity index is 1180. The highest BCUT2D eigenvalue weighted by atomic mass is 32.2. The smallest absolute Gasteiger partial charge is 0.295 e. The van der Waals surface area contributed by atoms with Gasteiger partial charge in [0, 0.05) is 23.0 Å². The van der Waals surface area contributed by atoms with E-state index < -0.39 is 10.1 Å². The minimum atomic E-state index is -4.53. The Morgan fingerprint density at radius 3 is 2.50 bits per heavy atom. The number of hydrogen-bond acceptors (Lipinski definition) is 8. The van der Waals surface area contributed by atoms with Crippen LogP contribution in [0.1, 0.15) is 6.92 Å². The van der Waals surface area contributed by atoms with Gasteiger partial charge in [0.2, 0.25) is 0 Å². The predicted octanol–water partition coefficient (Wildman–Crippen LogP) is 4.25. The molecule has 3 aromatic rings. The summed E-state index contributed by atoms with van der Waals surface area (Å²) in [5, 5.41) is 15.9. The number of benzene rings is 2. The van der Waals surface area contributed by atoms with Crippen molar-refractivity contribution in [2.45, 2.75) is 11.8 Å². The molecule has 0 aliphatic heterocycles. The number of azo groups is 1. The van der Waals surface area contributed by atoms with Crippen molar-refractivity contribution in [3.63, 3.8) is 0 Å². The lowest BCUT2D eigenvalue weighted by Gasteiger charge is -2.09. The molecule has 0 amide bonds. The van der Waals surface area contributed by atoms with Crippen LogP contribution in [0.4, 0.5) is 17.1 Å². The van der Waals surface area contributed by atoms with E-state index in [4.69, 9.17) is 10.6 Å². The molecule has 11 heteroatoms. The number of fused-ring (bicyclic) bond motifs is 1. The van der Waals surface area contributed by atoms with Gasteiger partial charge in [-0.05, 0) is 13.0 Å². The van der Waals surface area contributed by atoms with Gasteiger partial charge in [0.25, 0.3) is 10.1 Å². The predicted molar refractivity (Wildman–Crippen MR) is 102 cm³/mol. The van der Waals surface area contributed by atoms with E-state index in [1.807, 2.05) is 6.92 Å². The van der Waals surface area contributed by atoms with Crippen LogP contribution in [-0.2, 0) is 10.1 Å². The van der Waals surface area contributed by atoms with E-state index in [0.717, 1.165) is 6.07 Å². The lowest BCUT2D eigenvalue weighted by Crippen LogP contribution is -1.99. The SMILES string of the molecule is CCOc1ccncc1/N=N/c1cc(S(=O)(=O)O)c2ccccc2c1N=NN. The lowest BCUT2D eigenvalue weighted by molar-refractivity contribution is 0.341. The van der Waals surface area contributed by atoms with Crippen molar-refractivity contribution in [1.29, 1.82) is 0 Å². The molecule has 0 atom stereocenters. The summed E-state index contributed by atoms with van der Waals surface area (Å²) in [5.74, 6) is 5.66. The Hall–Kier alpha value is -3.44. The molecule has 1 heterocycles. The van der Waals surface area contributed by atoms with Gasteiger partial charge in [-0.2, -0.15) is 8.42 Å². The Kier molecular flexibility index (Phi) is 5.57. The highest BCUT2D eigenvalue weighted by Crippen LogP contribution is 2.41. The third kappa shape index (κ3) is 3.94. The van der Waals surface area contributed by atoms with Crippen LogP contribution in [0.15, 0.2) is 74.3 Å². The molecule has 28 heavy (non-hydrogen) atoms. The molecule has 0 saturated heterocycles. The molecule has 0 unspecified atom stereocenters. The van der Waals surface area contributed by atoms with Crippen molar-refractivity contribution >= 4 is 38.0 Å². The summed E-state index contributed by atoms with van der Waals surface area (Å²) in [6, 6.07) is 9.24. The molecule has 10 nitrogen and oxygen atoms in total. The van der Waals surface area contributed by atoms with Gasteiger partial charge in [-0.1, -0.05) is 29.5 Å². The fourth-order valence-corrected chi connectivity index (χ4v) is 3.32. The van der Waals surface area contributed by atoms with Crippen molar-refractivity contribution in [2.24, 2.45) is 26.4 Å². The second-order valence-corrected chi connectivity index (χ2v) is 6.84. The minimum Gasteiger partial charge on any atom is -0.491 e. The molecule has 3 N–H and O–H groups in total. The third-order valence-electron chi connectivity index (χ3n) is 3.72. The summed E-state index contributed by atoms with van der Waals surface area (Å²) in [5.41, 5.74) is 0.587. The number of hydrogen-bond donors (Lipinski definition) is 2. The van der Waals surface area contributed by atoms with Gasteiger partial charge in [0.05, 0.1) is 12.8 Å². The number of aromatic nitrogens is 1. The summed E-state index contributed by atoms with van der Waals surface area (Å²) < 4.78 is 38.8. The van der Waals surface area contributed by atoms with Crippen LogP contribution < -0.4 is 10.6 Å². The van der Waals surface area contributed by atoms with Crippen LogP contribution in [0.2, 0.25) is 0 Å². The maximum Gasteiger partial charge on any atom is 0.295 e.